The molecule has 0 saturated carbocycles. The van der Waals surface area contributed by atoms with Crippen LogP contribution in [0.15, 0.2) is 29.1 Å². The molecule has 0 aliphatic carbocycles. The second kappa shape index (κ2) is 6.72. The van der Waals surface area contributed by atoms with E-state index in [2.05, 4.69) is 4.98 Å². The number of halogens is 2. The third kappa shape index (κ3) is 3.56. The Labute approximate surface area is 136 Å². The molecule has 2 aromatic rings. The van der Waals surface area contributed by atoms with Gasteiger partial charge in [0.25, 0.3) is 0 Å². The monoisotopic (exact) mass is 338 g/mol. The first kappa shape index (κ1) is 16.0. The Morgan fingerprint density at radius 3 is 2.87 bits per heavy atom. The van der Waals surface area contributed by atoms with Gasteiger partial charge < -0.3 is 10.0 Å². The van der Waals surface area contributed by atoms with Crippen molar-refractivity contribution in [2.75, 3.05) is 19.6 Å². The summed E-state index contributed by atoms with van der Waals surface area (Å²) in [5, 5.41) is 11.4. The van der Waals surface area contributed by atoms with Crippen LogP contribution in [0.3, 0.4) is 0 Å². The zero-order valence-corrected chi connectivity index (χ0v) is 13.1. The molecule has 0 unspecified atom stereocenters. The van der Waals surface area contributed by atoms with Crippen LogP contribution in [0.5, 0.6) is 0 Å². The van der Waals surface area contributed by atoms with Crippen LogP contribution >= 0.6 is 11.3 Å². The quantitative estimate of drug-likeness (QED) is 0.911. The smallest absolute Gasteiger partial charge is 0.308 e. The second-order valence-corrected chi connectivity index (χ2v) is 6.43. The van der Waals surface area contributed by atoms with Crippen LogP contribution in [0.25, 0.3) is 0 Å². The fraction of sp³-hybridized carbons (Fsp3) is 0.375. The number of aromatic nitrogens is 1. The van der Waals surface area contributed by atoms with Gasteiger partial charge in [-0.15, -0.1) is 11.3 Å². The van der Waals surface area contributed by atoms with E-state index in [-0.39, 0.29) is 5.56 Å². The number of carboxylic acids is 1. The highest BCUT2D eigenvalue weighted by Gasteiger charge is 2.39. The largest absolute Gasteiger partial charge is 0.481 e. The molecule has 0 amide bonds. The molecule has 7 heteroatoms. The minimum atomic E-state index is -0.949. The minimum Gasteiger partial charge on any atom is -0.481 e. The van der Waals surface area contributed by atoms with Crippen LogP contribution in [-0.4, -0.2) is 40.6 Å². The Balaban J connectivity index is 1.74. The van der Waals surface area contributed by atoms with Crippen molar-refractivity contribution in [3.8, 4) is 0 Å². The molecule has 0 spiro atoms. The van der Waals surface area contributed by atoms with Crippen molar-refractivity contribution in [1.29, 1.82) is 0 Å². The maximum absolute atomic E-state index is 14.0. The van der Waals surface area contributed by atoms with Crippen molar-refractivity contribution in [1.82, 2.24) is 9.88 Å². The predicted molar refractivity (Wildman–Crippen MR) is 82.5 cm³/mol. The zero-order chi connectivity index (χ0) is 16.4. The molecule has 2 heterocycles. The van der Waals surface area contributed by atoms with Crippen molar-refractivity contribution >= 4 is 17.3 Å². The number of likely N-dealkylation sites (tertiary alicyclic amines) is 1. The van der Waals surface area contributed by atoms with E-state index in [1.165, 1.54) is 23.5 Å². The summed E-state index contributed by atoms with van der Waals surface area (Å²) in [7, 11) is 0. The molecule has 1 aromatic carbocycles. The normalized spacial score (nSPS) is 21.7. The molecule has 2 atom stereocenters. The fourth-order valence-electron chi connectivity index (χ4n) is 3.07. The summed E-state index contributed by atoms with van der Waals surface area (Å²) >= 11 is 1.52. The van der Waals surface area contributed by atoms with E-state index in [1.807, 2.05) is 10.3 Å². The summed E-state index contributed by atoms with van der Waals surface area (Å²) < 4.78 is 27.1. The van der Waals surface area contributed by atoms with Gasteiger partial charge in [-0.3, -0.25) is 4.79 Å². The Hall–Kier alpha value is -1.86. The lowest BCUT2D eigenvalue weighted by Gasteiger charge is -2.16. The van der Waals surface area contributed by atoms with Crippen molar-refractivity contribution in [3.05, 3.63) is 52.0 Å². The maximum Gasteiger partial charge on any atom is 0.308 e. The third-order valence-electron chi connectivity index (χ3n) is 4.24. The van der Waals surface area contributed by atoms with Crippen molar-refractivity contribution < 1.29 is 18.7 Å². The lowest BCUT2D eigenvalue weighted by Crippen LogP contribution is -2.25. The third-order valence-corrected chi connectivity index (χ3v) is 4.88. The van der Waals surface area contributed by atoms with E-state index in [0.717, 1.165) is 18.2 Å². The number of carbonyl (C=O) groups is 1. The number of rotatable bonds is 5. The van der Waals surface area contributed by atoms with Gasteiger partial charge in [-0.2, -0.15) is 0 Å². The molecule has 4 nitrogen and oxygen atoms in total. The highest BCUT2D eigenvalue weighted by molar-refractivity contribution is 7.07. The van der Waals surface area contributed by atoms with Gasteiger partial charge in [0.05, 0.1) is 17.1 Å². The highest BCUT2D eigenvalue weighted by Crippen LogP contribution is 2.34. The van der Waals surface area contributed by atoms with E-state index in [4.69, 9.17) is 0 Å². The van der Waals surface area contributed by atoms with E-state index in [9.17, 15) is 18.7 Å². The summed E-state index contributed by atoms with van der Waals surface area (Å²) in [4.78, 5) is 17.7. The van der Waals surface area contributed by atoms with E-state index < -0.39 is 29.4 Å². The van der Waals surface area contributed by atoms with Crippen LogP contribution in [-0.2, 0) is 11.2 Å². The number of carboxylic acid groups (broad SMARTS) is 1. The predicted octanol–water partition coefficient (Wildman–Crippen LogP) is 2.76. The molecule has 3 rings (SSSR count). The standard InChI is InChI=1S/C16H16F2N2O2S/c17-10-1-2-12(15(18)5-10)13-6-20(7-14(13)16(21)22)4-3-11-8-23-9-19-11/h1-2,5,8-9,13-14H,3-4,6-7H2,(H,21,22)/t13-,14+/m0/s1. The molecule has 1 saturated heterocycles. The van der Waals surface area contributed by atoms with E-state index >= 15 is 0 Å². The minimum absolute atomic E-state index is 0.273. The van der Waals surface area contributed by atoms with E-state index in [0.29, 0.717) is 19.6 Å². The van der Waals surface area contributed by atoms with Crippen molar-refractivity contribution in [2.24, 2.45) is 5.92 Å². The summed E-state index contributed by atoms with van der Waals surface area (Å²) in [5.74, 6) is -3.44. The number of hydrogen-bond donors (Lipinski definition) is 1. The van der Waals surface area contributed by atoms with Gasteiger partial charge in [-0.05, 0) is 11.6 Å². The second-order valence-electron chi connectivity index (χ2n) is 5.71. The van der Waals surface area contributed by atoms with Gasteiger partial charge in [-0.1, -0.05) is 6.07 Å². The Kier molecular flexibility index (Phi) is 4.68. The van der Waals surface area contributed by atoms with Crippen LogP contribution in [0.4, 0.5) is 8.78 Å². The Morgan fingerprint density at radius 1 is 1.39 bits per heavy atom. The Bertz CT molecular complexity index is 693. The van der Waals surface area contributed by atoms with E-state index in [1.54, 1.807) is 5.51 Å². The molecule has 23 heavy (non-hydrogen) atoms. The molecular formula is C16H16F2N2O2S. The molecular weight excluding hydrogens is 322 g/mol. The molecule has 1 aliphatic heterocycles. The first-order valence-corrected chi connectivity index (χ1v) is 8.26. The van der Waals surface area contributed by atoms with Gasteiger partial charge in [-0.25, -0.2) is 13.8 Å². The van der Waals surface area contributed by atoms with Crippen LogP contribution < -0.4 is 0 Å². The highest BCUT2D eigenvalue weighted by atomic mass is 32.1. The molecule has 1 aliphatic rings. The van der Waals surface area contributed by atoms with Gasteiger partial charge in [0.1, 0.15) is 11.6 Å². The first-order valence-electron chi connectivity index (χ1n) is 7.32. The lowest BCUT2D eigenvalue weighted by molar-refractivity contribution is -0.141. The zero-order valence-electron chi connectivity index (χ0n) is 12.3. The van der Waals surface area contributed by atoms with Gasteiger partial charge in [0, 0.05) is 43.4 Å². The van der Waals surface area contributed by atoms with Crippen molar-refractivity contribution in [3.63, 3.8) is 0 Å². The molecule has 0 bridgehead atoms. The molecule has 1 aromatic heterocycles. The number of thiazole rings is 1. The number of hydrogen-bond acceptors (Lipinski definition) is 4. The molecule has 1 fully saturated rings. The first-order chi connectivity index (χ1) is 11.0. The molecule has 1 N–H and O–H groups in total. The summed E-state index contributed by atoms with van der Waals surface area (Å²) in [6, 6.07) is 3.34. The van der Waals surface area contributed by atoms with Crippen LogP contribution in [0, 0.1) is 17.6 Å². The van der Waals surface area contributed by atoms with Gasteiger partial charge in [0.2, 0.25) is 0 Å². The summed E-state index contributed by atoms with van der Waals surface area (Å²) in [5.41, 5.74) is 3.00. The Morgan fingerprint density at radius 2 is 2.22 bits per heavy atom. The summed E-state index contributed by atoms with van der Waals surface area (Å²) in [6.07, 6.45) is 0.731. The average Bonchev–Trinajstić information content (AvgIpc) is 3.14. The molecule has 122 valence electrons. The van der Waals surface area contributed by atoms with Gasteiger partial charge in [0.15, 0.2) is 0 Å². The van der Waals surface area contributed by atoms with Gasteiger partial charge >= 0.3 is 5.97 Å². The lowest BCUT2D eigenvalue weighted by atomic mass is 9.88. The maximum atomic E-state index is 14.0. The fourth-order valence-corrected chi connectivity index (χ4v) is 3.66. The van der Waals surface area contributed by atoms with Crippen LogP contribution in [0.2, 0.25) is 0 Å². The summed E-state index contributed by atoms with van der Waals surface area (Å²) in [6.45, 7) is 1.48. The van der Waals surface area contributed by atoms with Crippen molar-refractivity contribution in [2.45, 2.75) is 12.3 Å². The number of benzene rings is 1. The number of aliphatic carboxylic acids is 1. The number of nitrogens with zero attached hydrogens (tertiary/aromatic N) is 2. The van der Waals surface area contributed by atoms with Crippen LogP contribution in [0.1, 0.15) is 17.2 Å². The topological polar surface area (TPSA) is 53.4 Å². The molecule has 0 radical (unpaired) electrons. The average molecular weight is 338 g/mol. The SMILES string of the molecule is O=C(O)[C@@H]1CN(CCc2cscn2)C[C@H]1c1ccc(F)cc1F.